The number of benzene rings is 1. The lowest BCUT2D eigenvalue weighted by atomic mass is 10.1. The molecule has 0 amide bonds. The molecule has 0 heterocycles. The van der Waals surface area contributed by atoms with Gasteiger partial charge in [0, 0.05) is 16.1 Å². The molecule has 0 bridgehead atoms. The first-order valence-corrected chi connectivity index (χ1v) is 4.68. The number of hydrogen-bond donors (Lipinski definition) is 2. The lowest BCUT2D eigenvalue weighted by Gasteiger charge is -2.09. The number of hydrogen-bond acceptors (Lipinski definition) is 2. The van der Waals surface area contributed by atoms with E-state index in [0.29, 0.717) is 16.5 Å². The fourth-order valence-electron chi connectivity index (χ4n) is 1.11. The van der Waals surface area contributed by atoms with Gasteiger partial charge in [-0.05, 0) is 31.0 Å². The number of aromatic hydroxyl groups is 1. The fourth-order valence-corrected chi connectivity index (χ4v) is 1.74. The quantitative estimate of drug-likeness (QED) is 0.804. The van der Waals surface area contributed by atoms with E-state index in [1.54, 1.807) is 0 Å². The second-order valence-electron chi connectivity index (χ2n) is 3.07. The molecule has 0 spiro atoms. The number of nitrogens with two attached hydrogens (primary N) is 1. The van der Waals surface area contributed by atoms with Crippen molar-refractivity contribution >= 4 is 23.2 Å². The van der Waals surface area contributed by atoms with Gasteiger partial charge in [0.2, 0.25) is 0 Å². The van der Waals surface area contributed by atoms with Gasteiger partial charge in [-0.3, -0.25) is 0 Å². The second-order valence-corrected chi connectivity index (χ2v) is 3.88. The van der Waals surface area contributed by atoms with Crippen LogP contribution in [-0.4, -0.2) is 11.1 Å². The van der Waals surface area contributed by atoms with Crippen LogP contribution in [0.4, 0.5) is 0 Å². The summed E-state index contributed by atoms with van der Waals surface area (Å²) < 4.78 is 0. The smallest absolute Gasteiger partial charge is 0.118 e. The van der Waals surface area contributed by atoms with E-state index in [2.05, 4.69) is 0 Å². The molecule has 0 saturated heterocycles. The Morgan fingerprint density at radius 3 is 2.23 bits per heavy atom. The van der Waals surface area contributed by atoms with Gasteiger partial charge in [-0.1, -0.05) is 23.2 Å². The van der Waals surface area contributed by atoms with Crippen LogP contribution in [-0.2, 0) is 6.42 Å². The summed E-state index contributed by atoms with van der Waals surface area (Å²) in [4.78, 5) is 0. The maximum Gasteiger partial charge on any atom is 0.118 e. The lowest BCUT2D eigenvalue weighted by Crippen LogP contribution is -2.18. The molecule has 4 heteroatoms. The minimum absolute atomic E-state index is 0.000423. The van der Waals surface area contributed by atoms with Gasteiger partial charge < -0.3 is 10.8 Å². The van der Waals surface area contributed by atoms with E-state index in [1.807, 2.05) is 6.92 Å². The highest BCUT2D eigenvalue weighted by atomic mass is 35.5. The second kappa shape index (κ2) is 4.18. The first kappa shape index (κ1) is 10.6. The van der Waals surface area contributed by atoms with Gasteiger partial charge in [0.25, 0.3) is 0 Å². The zero-order valence-electron chi connectivity index (χ0n) is 7.22. The molecule has 0 aliphatic heterocycles. The topological polar surface area (TPSA) is 46.2 Å². The third kappa shape index (κ3) is 2.76. The molecule has 1 aromatic carbocycles. The summed E-state index contributed by atoms with van der Waals surface area (Å²) in [7, 11) is 0. The Bertz CT molecular complexity index is 289. The SMILES string of the molecule is CC(N)Cc1c(Cl)cc(O)cc1Cl. The number of phenols is 1. The van der Waals surface area contributed by atoms with Gasteiger partial charge in [0.05, 0.1) is 0 Å². The van der Waals surface area contributed by atoms with Gasteiger partial charge in [0.15, 0.2) is 0 Å². The number of phenolic OH excluding ortho intramolecular Hbond substituents is 1. The molecule has 2 nitrogen and oxygen atoms in total. The van der Waals surface area contributed by atoms with E-state index in [0.717, 1.165) is 5.56 Å². The molecule has 0 fully saturated rings. The molecular weight excluding hydrogens is 209 g/mol. The van der Waals surface area contributed by atoms with Gasteiger partial charge in [-0.25, -0.2) is 0 Å². The van der Waals surface area contributed by atoms with Crippen molar-refractivity contribution in [2.45, 2.75) is 19.4 Å². The van der Waals surface area contributed by atoms with E-state index in [9.17, 15) is 0 Å². The van der Waals surface area contributed by atoms with Crippen LogP contribution in [0.5, 0.6) is 5.75 Å². The van der Waals surface area contributed by atoms with Crippen LogP contribution in [0.2, 0.25) is 10.0 Å². The first-order chi connectivity index (χ1) is 6.00. The van der Waals surface area contributed by atoms with E-state index >= 15 is 0 Å². The molecule has 1 aromatic rings. The van der Waals surface area contributed by atoms with Crippen molar-refractivity contribution in [1.29, 1.82) is 0 Å². The minimum Gasteiger partial charge on any atom is -0.508 e. The summed E-state index contributed by atoms with van der Waals surface area (Å²) in [5.74, 6) is 0.0726. The maximum absolute atomic E-state index is 9.15. The molecule has 0 saturated carbocycles. The summed E-state index contributed by atoms with van der Waals surface area (Å²) in [5, 5.41) is 10.1. The Labute approximate surface area is 87.3 Å². The third-order valence-corrected chi connectivity index (χ3v) is 2.33. The molecule has 3 N–H and O–H groups in total. The van der Waals surface area contributed by atoms with Crippen LogP contribution in [0, 0.1) is 0 Å². The fraction of sp³-hybridized carbons (Fsp3) is 0.333. The van der Waals surface area contributed by atoms with Crippen LogP contribution in [0.15, 0.2) is 12.1 Å². The van der Waals surface area contributed by atoms with Crippen molar-refractivity contribution in [2.24, 2.45) is 5.73 Å². The zero-order valence-corrected chi connectivity index (χ0v) is 8.73. The zero-order chi connectivity index (χ0) is 10.0. The average molecular weight is 220 g/mol. The summed E-state index contributed by atoms with van der Waals surface area (Å²) in [5.41, 5.74) is 6.41. The van der Waals surface area contributed by atoms with E-state index in [1.165, 1.54) is 12.1 Å². The summed E-state index contributed by atoms with van der Waals surface area (Å²) >= 11 is 11.8. The van der Waals surface area contributed by atoms with Crippen LogP contribution in [0.3, 0.4) is 0 Å². The predicted octanol–water partition coefficient (Wildman–Crippen LogP) is 2.59. The lowest BCUT2D eigenvalue weighted by molar-refractivity contribution is 0.475. The molecular formula is C9H11Cl2NO. The Morgan fingerprint density at radius 2 is 1.85 bits per heavy atom. The van der Waals surface area contributed by atoms with Crippen molar-refractivity contribution in [3.05, 3.63) is 27.7 Å². The van der Waals surface area contributed by atoms with Crippen LogP contribution in [0.25, 0.3) is 0 Å². The molecule has 13 heavy (non-hydrogen) atoms. The van der Waals surface area contributed by atoms with E-state index in [4.69, 9.17) is 34.0 Å². The van der Waals surface area contributed by atoms with Crippen molar-refractivity contribution in [1.82, 2.24) is 0 Å². The predicted molar refractivity (Wildman–Crippen MR) is 55.5 cm³/mol. The highest BCUT2D eigenvalue weighted by molar-refractivity contribution is 6.36. The van der Waals surface area contributed by atoms with Crippen molar-refractivity contribution in [3.8, 4) is 5.75 Å². The number of rotatable bonds is 2. The Balaban J connectivity index is 3.06. The highest BCUT2D eigenvalue weighted by Crippen LogP contribution is 2.30. The Hall–Kier alpha value is -0.440. The minimum atomic E-state index is -0.000423. The normalized spacial score (nSPS) is 12.9. The molecule has 0 aliphatic rings. The largest absolute Gasteiger partial charge is 0.508 e. The molecule has 1 unspecified atom stereocenters. The Kier molecular flexibility index (Phi) is 3.42. The standard InChI is InChI=1S/C9H11Cl2NO/c1-5(12)2-7-8(10)3-6(13)4-9(7)11/h3-5,13H,2,12H2,1H3. The van der Waals surface area contributed by atoms with Crippen molar-refractivity contribution in [2.75, 3.05) is 0 Å². The summed E-state index contributed by atoms with van der Waals surface area (Å²) in [6.45, 7) is 1.87. The molecule has 1 atom stereocenters. The summed E-state index contributed by atoms with van der Waals surface area (Å²) in [6, 6.07) is 2.93. The molecule has 72 valence electrons. The van der Waals surface area contributed by atoms with Gasteiger partial charge in [-0.2, -0.15) is 0 Å². The van der Waals surface area contributed by atoms with Crippen LogP contribution >= 0.6 is 23.2 Å². The van der Waals surface area contributed by atoms with Crippen molar-refractivity contribution in [3.63, 3.8) is 0 Å². The monoisotopic (exact) mass is 219 g/mol. The number of halogens is 2. The molecule has 0 radical (unpaired) electrons. The molecule has 1 rings (SSSR count). The Morgan fingerprint density at radius 1 is 1.38 bits per heavy atom. The van der Waals surface area contributed by atoms with Crippen molar-refractivity contribution < 1.29 is 5.11 Å². The first-order valence-electron chi connectivity index (χ1n) is 3.93. The summed E-state index contributed by atoms with van der Waals surface area (Å²) in [6.07, 6.45) is 0.609. The van der Waals surface area contributed by atoms with E-state index in [-0.39, 0.29) is 11.8 Å². The highest BCUT2D eigenvalue weighted by Gasteiger charge is 2.09. The van der Waals surface area contributed by atoms with Gasteiger partial charge >= 0.3 is 0 Å². The van der Waals surface area contributed by atoms with Gasteiger partial charge in [0.1, 0.15) is 5.75 Å². The third-order valence-electron chi connectivity index (χ3n) is 1.65. The van der Waals surface area contributed by atoms with Gasteiger partial charge in [-0.15, -0.1) is 0 Å². The molecule has 0 aromatic heterocycles. The maximum atomic E-state index is 9.15. The van der Waals surface area contributed by atoms with Crippen LogP contribution in [0.1, 0.15) is 12.5 Å². The van der Waals surface area contributed by atoms with E-state index < -0.39 is 0 Å². The average Bonchev–Trinajstić information content (AvgIpc) is 1.96. The van der Waals surface area contributed by atoms with Crippen LogP contribution < -0.4 is 5.73 Å². The molecule has 0 aliphatic carbocycles.